The molecule has 156 valence electrons. The Morgan fingerprint density at radius 1 is 1.11 bits per heavy atom. The van der Waals surface area contributed by atoms with Crippen molar-refractivity contribution in [3.8, 4) is 0 Å². The summed E-state index contributed by atoms with van der Waals surface area (Å²) in [4.78, 5) is 26.4. The Labute approximate surface area is 167 Å². The van der Waals surface area contributed by atoms with Gasteiger partial charge in [-0.2, -0.15) is 4.31 Å². The van der Waals surface area contributed by atoms with Gasteiger partial charge < -0.3 is 9.64 Å². The largest absolute Gasteiger partial charge is 0.452 e. The first-order valence-electron chi connectivity index (χ1n) is 9.84. The monoisotopic (exact) mass is 410 g/mol. The van der Waals surface area contributed by atoms with Crippen molar-refractivity contribution in [1.29, 1.82) is 0 Å². The summed E-state index contributed by atoms with van der Waals surface area (Å²) in [6.07, 6.45) is 5.36. The lowest BCUT2D eigenvalue weighted by atomic mass is 9.94. The molecule has 0 atom stereocenters. The highest BCUT2D eigenvalue weighted by atomic mass is 32.2. The molecule has 1 aromatic carbocycles. The molecule has 0 unspecified atom stereocenters. The minimum Gasteiger partial charge on any atom is -0.452 e. The maximum absolute atomic E-state index is 12.6. The maximum atomic E-state index is 12.6. The number of carbonyl (C=O) groups is 2. The fraction of sp³-hybridized carbons (Fsp3) is 0.600. The number of amides is 1. The number of nitrogens with zero attached hydrogens (tertiary/aromatic N) is 2. The molecule has 1 aliphatic rings. The van der Waals surface area contributed by atoms with Crippen LogP contribution in [0.1, 0.15) is 56.3 Å². The minimum absolute atomic E-state index is 0.0382. The van der Waals surface area contributed by atoms with Gasteiger partial charge >= 0.3 is 5.97 Å². The van der Waals surface area contributed by atoms with Crippen LogP contribution < -0.4 is 0 Å². The van der Waals surface area contributed by atoms with Gasteiger partial charge in [0.2, 0.25) is 10.0 Å². The van der Waals surface area contributed by atoms with E-state index in [9.17, 15) is 18.0 Å². The van der Waals surface area contributed by atoms with Crippen molar-refractivity contribution >= 4 is 21.9 Å². The van der Waals surface area contributed by atoms with Gasteiger partial charge in [-0.1, -0.05) is 39.2 Å². The molecule has 0 heterocycles. The molecule has 0 bridgehead atoms. The summed E-state index contributed by atoms with van der Waals surface area (Å²) in [6.45, 7) is 3.85. The second-order valence-corrected chi connectivity index (χ2v) is 8.93. The van der Waals surface area contributed by atoms with E-state index < -0.39 is 16.0 Å². The summed E-state index contributed by atoms with van der Waals surface area (Å²) < 4.78 is 31.7. The molecule has 8 heteroatoms. The normalized spacial score (nSPS) is 15.4. The van der Waals surface area contributed by atoms with E-state index in [0.29, 0.717) is 13.1 Å². The van der Waals surface area contributed by atoms with Crippen LogP contribution in [0.15, 0.2) is 29.2 Å². The Morgan fingerprint density at radius 3 is 2.36 bits per heavy atom. The topological polar surface area (TPSA) is 84.0 Å². The van der Waals surface area contributed by atoms with Gasteiger partial charge in [0.15, 0.2) is 6.61 Å². The third-order valence-corrected chi connectivity index (χ3v) is 7.30. The van der Waals surface area contributed by atoms with Crippen LogP contribution in [0.5, 0.6) is 0 Å². The molecule has 7 nitrogen and oxygen atoms in total. The lowest BCUT2D eigenvalue weighted by molar-refractivity contribution is -0.135. The number of rotatable bonds is 8. The molecule has 0 radical (unpaired) electrons. The summed E-state index contributed by atoms with van der Waals surface area (Å²) in [5.41, 5.74) is 0.112. The molecule has 0 aromatic heterocycles. The molecule has 1 saturated carbocycles. The van der Waals surface area contributed by atoms with Crippen LogP contribution in [0.4, 0.5) is 0 Å². The quantitative estimate of drug-likeness (QED) is 0.615. The second kappa shape index (κ2) is 10.0. The maximum Gasteiger partial charge on any atom is 0.338 e. The average molecular weight is 411 g/mol. The number of carbonyl (C=O) groups excluding carboxylic acids is 2. The van der Waals surface area contributed by atoms with Gasteiger partial charge in [-0.05, 0) is 31.0 Å². The molecule has 1 fully saturated rings. The molecule has 1 aromatic rings. The van der Waals surface area contributed by atoms with Crippen molar-refractivity contribution < 1.29 is 22.7 Å². The van der Waals surface area contributed by atoms with E-state index in [0.717, 1.165) is 25.7 Å². The summed E-state index contributed by atoms with van der Waals surface area (Å²) in [7, 11) is -1.93. The van der Waals surface area contributed by atoms with Crippen molar-refractivity contribution in [3.05, 3.63) is 29.8 Å². The second-order valence-electron chi connectivity index (χ2n) is 6.99. The first kappa shape index (κ1) is 22.4. The molecule has 0 N–H and O–H groups in total. The average Bonchev–Trinajstić information content (AvgIpc) is 2.72. The summed E-state index contributed by atoms with van der Waals surface area (Å²) in [5, 5.41) is 0. The highest BCUT2D eigenvalue weighted by Gasteiger charge is 2.25. The van der Waals surface area contributed by atoms with E-state index in [4.69, 9.17) is 4.74 Å². The number of benzene rings is 1. The zero-order valence-electron chi connectivity index (χ0n) is 16.9. The molecule has 0 aliphatic heterocycles. The van der Waals surface area contributed by atoms with Gasteiger partial charge in [-0.15, -0.1) is 0 Å². The van der Waals surface area contributed by atoms with E-state index in [1.165, 1.54) is 35.0 Å². The summed E-state index contributed by atoms with van der Waals surface area (Å²) >= 11 is 0. The molecule has 1 aliphatic carbocycles. The standard InChI is InChI=1S/C20H30N2O5S/c1-4-22(5-2)28(25,26)18-13-9-10-16(14-18)20(24)27-15-19(23)21(3)17-11-7-6-8-12-17/h9-10,13-14,17H,4-8,11-12,15H2,1-3H3. The molecule has 1 amide bonds. The molecular weight excluding hydrogens is 380 g/mol. The van der Waals surface area contributed by atoms with Crippen molar-refractivity contribution in [3.63, 3.8) is 0 Å². The third kappa shape index (κ3) is 5.32. The van der Waals surface area contributed by atoms with Crippen LogP contribution in [0, 0.1) is 0 Å². The SMILES string of the molecule is CCN(CC)S(=O)(=O)c1cccc(C(=O)OCC(=O)N(C)C2CCCCC2)c1. The fourth-order valence-electron chi connectivity index (χ4n) is 3.48. The first-order valence-corrected chi connectivity index (χ1v) is 11.3. The predicted octanol–water partition coefficient (Wildman–Crippen LogP) is 2.67. The van der Waals surface area contributed by atoms with Crippen molar-refractivity contribution in [1.82, 2.24) is 9.21 Å². The van der Waals surface area contributed by atoms with Gasteiger partial charge in [-0.25, -0.2) is 13.2 Å². The zero-order chi connectivity index (χ0) is 20.7. The van der Waals surface area contributed by atoms with E-state index in [-0.39, 0.29) is 29.0 Å². The van der Waals surface area contributed by atoms with Crippen molar-refractivity contribution in [2.24, 2.45) is 0 Å². The molecule has 2 rings (SSSR count). The van der Waals surface area contributed by atoms with Crippen LogP contribution in [0.2, 0.25) is 0 Å². The van der Waals surface area contributed by atoms with Crippen LogP contribution in [0.3, 0.4) is 0 Å². The Hall–Kier alpha value is -1.93. The van der Waals surface area contributed by atoms with Gasteiger partial charge in [0.1, 0.15) is 0 Å². The highest BCUT2D eigenvalue weighted by molar-refractivity contribution is 7.89. The van der Waals surface area contributed by atoms with Gasteiger partial charge in [-0.3, -0.25) is 4.79 Å². The van der Waals surface area contributed by atoms with Crippen LogP contribution in [-0.2, 0) is 19.6 Å². The molecule has 0 spiro atoms. The van der Waals surface area contributed by atoms with Crippen LogP contribution in [0.25, 0.3) is 0 Å². The molecule has 0 saturated heterocycles. The van der Waals surface area contributed by atoms with Crippen LogP contribution in [-0.4, -0.2) is 62.3 Å². The summed E-state index contributed by atoms with van der Waals surface area (Å²) in [5.74, 6) is -0.950. The molecule has 28 heavy (non-hydrogen) atoms. The van der Waals surface area contributed by atoms with Gasteiger partial charge in [0, 0.05) is 26.2 Å². The number of esters is 1. The van der Waals surface area contributed by atoms with Crippen molar-refractivity contribution in [2.75, 3.05) is 26.7 Å². The summed E-state index contributed by atoms with van der Waals surface area (Å²) in [6, 6.07) is 5.93. The number of likely N-dealkylation sites (N-methyl/N-ethyl adjacent to an activating group) is 1. The highest BCUT2D eigenvalue weighted by Crippen LogP contribution is 2.22. The van der Waals surface area contributed by atoms with Crippen LogP contribution >= 0.6 is 0 Å². The number of hydrogen-bond donors (Lipinski definition) is 0. The van der Waals surface area contributed by atoms with E-state index >= 15 is 0 Å². The van der Waals surface area contributed by atoms with E-state index in [1.807, 2.05) is 0 Å². The Morgan fingerprint density at radius 2 is 1.75 bits per heavy atom. The number of sulfonamides is 1. The van der Waals surface area contributed by atoms with Gasteiger partial charge in [0.05, 0.1) is 10.5 Å². The fourth-order valence-corrected chi connectivity index (χ4v) is 4.98. The lowest BCUT2D eigenvalue weighted by Gasteiger charge is -2.31. The minimum atomic E-state index is -3.67. The number of ether oxygens (including phenoxy) is 1. The zero-order valence-corrected chi connectivity index (χ0v) is 17.7. The van der Waals surface area contributed by atoms with E-state index in [2.05, 4.69) is 0 Å². The first-order chi connectivity index (χ1) is 13.3. The predicted molar refractivity (Wildman–Crippen MR) is 106 cm³/mol. The Bertz CT molecular complexity index is 784. The number of hydrogen-bond acceptors (Lipinski definition) is 5. The van der Waals surface area contributed by atoms with Crippen molar-refractivity contribution in [2.45, 2.75) is 56.9 Å². The molecular formula is C20H30N2O5S. The third-order valence-electron chi connectivity index (χ3n) is 5.26. The van der Waals surface area contributed by atoms with Gasteiger partial charge in [0.25, 0.3) is 5.91 Å². The smallest absolute Gasteiger partial charge is 0.338 e. The van der Waals surface area contributed by atoms with E-state index in [1.54, 1.807) is 25.8 Å². The Kier molecular flexibility index (Phi) is 8.00. The Balaban J connectivity index is 2.02. The lowest BCUT2D eigenvalue weighted by Crippen LogP contribution is -2.40.